The molecule has 3 aromatic rings. The SMILES string of the molecule is CC(=Nc1ccccc1)c1cccc(-c2ccccc2)c1O.[Co]. The van der Waals surface area contributed by atoms with Gasteiger partial charge in [-0.3, -0.25) is 4.99 Å². The molecule has 1 N–H and O–H groups in total. The first-order chi connectivity index (χ1) is 10.8. The maximum Gasteiger partial charge on any atom is 0.132 e. The molecule has 0 atom stereocenters. The van der Waals surface area contributed by atoms with E-state index in [2.05, 4.69) is 4.99 Å². The zero-order valence-corrected chi connectivity index (χ0v) is 13.8. The van der Waals surface area contributed by atoms with E-state index in [-0.39, 0.29) is 22.5 Å². The monoisotopic (exact) mass is 346 g/mol. The number of phenolic OH excluding ortho intramolecular Hbond substituents is 1. The number of rotatable bonds is 3. The van der Waals surface area contributed by atoms with E-state index >= 15 is 0 Å². The summed E-state index contributed by atoms with van der Waals surface area (Å²) in [5, 5.41) is 10.6. The third-order valence-corrected chi connectivity index (χ3v) is 3.56. The van der Waals surface area contributed by atoms with Crippen molar-refractivity contribution in [3.63, 3.8) is 0 Å². The molecule has 0 saturated heterocycles. The Morgan fingerprint density at radius 3 is 2.04 bits per heavy atom. The van der Waals surface area contributed by atoms with Crippen LogP contribution in [0.4, 0.5) is 5.69 Å². The van der Waals surface area contributed by atoms with Gasteiger partial charge in [-0.25, -0.2) is 0 Å². The van der Waals surface area contributed by atoms with Crippen LogP contribution in [-0.2, 0) is 16.8 Å². The number of hydrogen-bond acceptors (Lipinski definition) is 2. The number of phenols is 1. The largest absolute Gasteiger partial charge is 0.507 e. The first-order valence-electron chi connectivity index (χ1n) is 7.24. The maximum absolute atomic E-state index is 10.6. The molecule has 23 heavy (non-hydrogen) atoms. The normalized spacial score (nSPS) is 10.9. The summed E-state index contributed by atoms with van der Waals surface area (Å²) < 4.78 is 0. The van der Waals surface area contributed by atoms with Crippen LogP contribution in [0.15, 0.2) is 83.9 Å². The van der Waals surface area contributed by atoms with Crippen molar-refractivity contribution in [3.05, 3.63) is 84.4 Å². The van der Waals surface area contributed by atoms with Crippen LogP contribution in [-0.4, -0.2) is 10.8 Å². The molecule has 0 bridgehead atoms. The van der Waals surface area contributed by atoms with E-state index in [1.807, 2.05) is 85.8 Å². The fourth-order valence-electron chi connectivity index (χ4n) is 2.44. The summed E-state index contributed by atoms with van der Waals surface area (Å²) in [5.41, 5.74) is 4.24. The second kappa shape index (κ2) is 7.76. The number of hydrogen-bond donors (Lipinski definition) is 1. The van der Waals surface area contributed by atoms with Crippen molar-refractivity contribution in [2.45, 2.75) is 6.92 Å². The summed E-state index contributed by atoms with van der Waals surface area (Å²) in [6, 6.07) is 25.4. The van der Waals surface area contributed by atoms with E-state index in [1.54, 1.807) is 0 Å². The van der Waals surface area contributed by atoms with Gasteiger partial charge in [-0.2, -0.15) is 0 Å². The predicted octanol–water partition coefficient (Wildman–Crippen LogP) is 5.20. The van der Waals surface area contributed by atoms with Gasteiger partial charge in [0.25, 0.3) is 0 Å². The quantitative estimate of drug-likeness (QED) is 0.650. The topological polar surface area (TPSA) is 32.6 Å². The first-order valence-corrected chi connectivity index (χ1v) is 7.24. The summed E-state index contributed by atoms with van der Waals surface area (Å²) in [6.45, 7) is 1.91. The van der Waals surface area contributed by atoms with E-state index in [0.717, 1.165) is 28.1 Å². The summed E-state index contributed by atoms with van der Waals surface area (Å²) in [6.07, 6.45) is 0. The summed E-state index contributed by atoms with van der Waals surface area (Å²) in [5.74, 6) is 0.269. The fourth-order valence-corrected chi connectivity index (χ4v) is 2.44. The van der Waals surface area contributed by atoms with Crippen LogP contribution >= 0.6 is 0 Å². The van der Waals surface area contributed by atoms with Crippen molar-refractivity contribution in [2.75, 3.05) is 0 Å². The van der Waals surface area contributed by atoms with Crippen LogP contribution in [0.2, 0.25) is 0 Å². The molecule has 0 amide bonds. The molecule has 3 rings (SSSR count). The number of nitrogens with zero attached hydrogens (tertiary/aromatic N) is 1. The van der Waals surface area contributed by atoms with E-state index in [9.17, 15) is 5.11 Å². The standard InChI is InChI=1S/C20H17NO.Co/c1-15(21-17-11-6-3-7-12-17)18-13-8-14-19(20(18)22)16-9-4-2-5-10-16;/h2-14,22H,1H3;. The van der Waals surface area contributed by atoms with Crippen LogP contribution in [0.1, 0.15) is 12.5 Å². The van der Waals surface area contributed by atoms with Crippen molar-refractivity contribution in [1.82, 2.24) is 0 Å². The van der Waals surface area contributed by atoms with Gasteiger partial charge in [-0.1, -0.05) is 60.7 Å². The molecule has 0 heterocycles. The van der Waals surface area contributed by atoms with Crippen LogP contribution in [0, 0.1) is 0 Å². The van der Waals surface area contributed by atoms with E-state index in [1.165, 1.54) is 0 Å². The van der Waals surface area contributed by atoms with Gasteiger partial charge < -0.3 is 5.11 Å². The van der Waals surface area contributed by atoms with Crippen molar-refractivity contribution in [1.29, 1.82) is 0 Å². The first kappa shape index (κ1) is 17.0. The molecule has 1 radical (unpaired) electrons. The average Bonchev–Trinajstić information content (AvgIpc) is 2.56. The Labute approximate surface area is 146 Å². The minimum Gasteiger partial charge on any atom is -0.507 e. The predicted molar refractivity (Wildman–Crippen MR) is 91.9 cm³/mol. The molecular weight excluding hydrogens is 329 g/mol. The molecule has 3 heteroatoms. The van der Waals surface area contributed by atoms with Gasteiger partial charge in [0.1, 0.15) is 5.75 Å². The molecule has 3 aromatic carbocycles. The average molecular weight is 346 g/mol. The number of benzene rings is 3. The summed E-state index contributed by atoms with van der Waals surface area (Å²) in [4.78, 5) is 4.58. The minimum atomic E-state index is 0. The van der Waals surface area contributed by atoms with E-state index in [4.69, 9.17) is 0 Å². The molecule has 2 nitrogen and oxygen atoms in total. The van der Waals surface area contributed by atoms with E-state index < -0.39 is 0 Å². The number of para-hydroxylation sites is 2. The number of aliphatic imine (C=N–C) groups is 1. The van der Waals surface area contributed by atoms with Crippen LogP contribution in [0.3, 0.4) is 0 Å². The smallest absolute Gasteiger partial charge is 0.132 e. The molecule has 0 fully saturated rings. The Bertz CT molecular complexity index is 798. The summed E-state index contributed by atoms with van der Waals surface area (Å²) in [7, 11) is 0. The number of aromatic hydroxyl groups is 1. The van der Waals surface area contributed by atoms with Crippen LogP contribution in [0.5, 0.6) is 5.75 Å². The zero-order chi connectivity index (χ0) is 15.4. The van der Waals surface area contributed by atoms with Crippen molar-refractivity contribution in [3.8, 4) is 16.9 Å². The van der Waals surface area contributed by atoms with Gasteiger partial charge in [0, 0.05) is 33.6 Å². The molecule has 0 saturated carbocycles. The Balaban J connectivity index is 0.00000192. The molecule has 0 spiro atoms. The van der Waals surface area contributed by atoms with Gasteiger partial charge in [-0.05, 0) is 30.7 Å². The van der Waals surface area contributed by atoms with Gasteiger partial charge in [-0.15, -0.1) is 0 Å². The molecular formula is C20H17CoNO. The second-order valence-electron chi connectivity index (χ2n) is 5.10. The van der Waals surface area contributed by atoms with Gasteiger partial charge >= 0.3 is 0 Å². The van der Waals surface area contributed by atoms with E-state index in [0.29, 0.717) is 0 Å². The molecule has 0 aliphatic heterocycles. The maximum atomic E-state index is 10.6. The Morgan fingerprint density at radius 1 is 0.783 bits per heavy atom. The molecule has 0 aromatic heterocycles. The van der Waals surface area contributed by atoms with Gasteiger partial charge in [0.2, 0.25) is 0 Å². The third kappa shape index (κ3) is 3.89. The molecule has 0 aliphatic carbocycles. The fraction of sp³-hybridized carbons (Fsp3) is 0.0500. The Kier molecular flexibility index (Phi) is 5.74. The molecule has 117 valence electrons. The van der Waals surface area contributed by atoms with Crippen LogP contribution < -0.4 is 0 Å². The van der Waals surface area contributed by atoms with Gasteiger partial charge in [0.05, 0.1) is 5.69 Å². The van der Waals surface area contributed by atoms with Crippen LogP contribution in [0.25, 0.3) is 11.1 Å². The summed E-state index contributed by atoms with van der Waals surface area (Å²) >= 11 is 0. The zero-order valence-electron chi connectivity index (χ0n) is 12.7. The second-order valence-corrected chi connectivity index (χ2v) is 5.10. The third-order valence-electron chi connectivity index (χ3n) is 3.56. The van der Waals surface area contributed by atoms with Crippen molar-refractivity contribution in [2.24, 2.45) is 4.99 Å². The minimum absolute atomic E-state index is 0. The van der Waals surface area contributed by atoms with Crippen molar-refractivity contribution >= 4 is 11.4 Å². The molecule has 0 unspecified atom stereocenters. The molecule has 0 aliphatic rings. The van der Waals surface area contributed by atoms with Crippen molar-refractivity contribution < 1.29 is 21.9 Å². The Morgan fingerprint density at radius 2 is 1.39 bits per heavy atom. The Hall–Kier alpha value is -2.36. The van der Waals surface area contributed by atoms with Gasteiger partial charge in [0.15, 0.2) is 0 Å².